The van der Waals surface area contributed by atoms with Gasteiger partial charge in [0.25, 0.3) is 0 Å². The van der Waals surface area contributed by atoms with E-state index in [1.54, 1.807) is 11.8 Å². The van der Waals surface area contributed by atoms with Gasteiger partial charge in [0.15, 0.2) is 0 Å². The Bertz CT molecular complexity index is 1240. The molecular weight excluding hydrogens is 474 g/mol. The number of benzene rings is 2. The largest absolute Gasteiger partial charge is 0.496 e. The number of nitrogens with zero attached hydrogens (tertiary/aromatic N) is 3. The summed E-state index contributed by atoms with van der Waals surface area (Å²) in [6, 6.07) is 14.9. The summed E-state index contributed by atoms with van der Waals surface area (Å²) < 4.78 is 7.26. The van der Waals surface area contributed by atoms with Crippen molar-refractivity contribution in [3.8, 4) is 16.9 Å². The van der Waals surface area contributed by atoms with Crippen LogP contribution in [0.4, 0.5) is 5.69 Å². The summed E-state index contributed by atoms with van der Waals surface area (Å²) in [5, 5.41) is 14.3. The number of ether oxygens (including phenoxy) is 1. The van der Waals surface area contributed by atoms with Crippen molar-refractivity contribution in [1.82, 2.24) is 9.78 Å². The number of aliphatic hydroxyl groups is 1. The van der Waals surface area contributed by atoms with Crippen molar-refractivity contribution in [2.45, 2.75) is 70.3 Å². The van der Waals surface area contributed by atoms with Gasteiger partial charge in [-0.15, -0.1) is 0 Å². The van der Waals surface area contributed by atoms with E-state index in [0.29, 0.717) is 24.7 Å². The Kier molecular flexibility index (Phi) is 8.18. The number of aliphatic hydroxyl groups excluding tert-OH is 1. The normalized spacial score (nSPS) is 23.7. The lowest BCUT2D eigenvalue weighted by Gasteiger charge is -2.36. The second-order valence-electron chi connectivity index (χ2n) is 11.4. The van der Waals surface area contributed by atoms with Crippen LogP contribution in [0, 0.1) is 18.8 Å². The van der Waals surface area contributed by atoms with E-state index in [4.69, 9.17) is 4.74 Å². The molecule has 6 heteroatoms. The molecule has 3 aromatic rings. The average molecular weight is 516 g/mol. The zero-order valence-corrected chi connectivity index (χ0v) is 23.0. The summed E-state index contributed by atoms with van der Waals surface area (Å²) in [6.07, 6.45) is 11.1. The van der Waals surface area contributed by atoms with E-state index in [1.165, 1.54) is 11.1 Å². The monoisotopic (exact) mass is 515 g/mol. The first-order chi connectivity index (χ1) is 18.4. The number of hydrogen-bond donors (Lipinski definition) is 1. The van der Waals surface area contributed by atoms with Gasteiger partial charge in [-0.3, -0.25) is 9.48 Å². The van der Waals surface area contributed by atoms with E-state index < -0.39 is 0 Å². The number of rotatable bonds is 7. The number of aromatic nitrogens is 2. The van der Waals surface area contributed by atoms with E-state index in [0.717, 1.165) is 67.6 Å². The molecule has 6 nitrogen and oxygen atoms in total. The van der Waals surface area contributed by atoms with Crippen LogP contribution >= 0.6 is 0 Å². The fraction of sp³-hybridized carbons (Fsp3) is 0.500. The Balaban J connectivity index is 1.32. The number of carbonyl (C=O) groups excluding carboxylic acids is 1. The quantitative estimate of drug-likeness (QED) is 0.403. The fourth-order valence-corrected chi connectivity index (χ4v) is 6.38. The first kappa shape index (κ1) is 26.5. The van der Waals surface area contributed by atoms with Crippen LogP contribution in [0.1, 0.15) is 68.4 Å². The predicted molar refractivity (Wildman–Crippen MR) is 151 cm³/mol. The van der Waals surface area contributed by atoms with Crippen molar-refractivity contribution >= 4 is 11.6 Å². The van der Waals surface area contributed by atoms with Gasteiger partial charge in [0.05, 0.1) is 19.4 Å². The topological polar surface area (TPSA) is 67.6 Å². The fourth-order valence-electron chi connectivity index (χ4n) is 6.38. The van der Waals surface area contributed by atoms with Crippen molar-refractivity contribution in [2.24, 2.45) is 18.9 Å². The number of methoxy groups -OCH3 is 1. The molecule has 2 saturated carbocycles. The maximum absolute atomic E-state index is 13.9. The molecule has 1 N–H and O–H groups in total. The third-order valence-electron chi connectivity index (χ3n) is 8.69. The molecule has 0 saturated heterocycles. The molecule has 202 valence electrons. The molecule has 2 fully saturated rings. The van der Waals surface area contributed by atoms with E-state index in [-0.39, 0.29) is 17.9 Å². The number of carbonyl (C=O) groups is 1. The first-order valence-electron chi connectivity index (χ1n) is 14.1. The Hall–Kier alpha value is -3.12. The molecule has 0 bridgehead atoms. The third kappa shape index (κ3) is 5.96. The minimum Gasteiger partial charge on any atom is -0.496 e. The van der Waals surface area contributed by atoms with Crippen LogP contribution in [-0.2, 0) is 11.8 Å². The summed E-state index contributed by atoms with van der Waals surface area (Å²) in [4.78, 5) is 16.0. The molecule has 1 heterocycles. The SMILES string of the molecule is COc1ccc([C@H]2CC[C@H](CN(c3cccc(-c4cnn(C)c4)c3)C(=O)[C@H]3CC[C@H](O)CC3)CC2)cc1C. The highest BCUT2D eigenvalue weighted by Gasteiger charge is 2.32. The van der Waals surface area contributed by atoms with Gasteiger partial charge < -0.3 is 14.7 Å². The smallest absolute Gasteiger partial charge is 0.230 e. The van der Waals surface area contributed by atoms with Crippen LogP contribution in [-0.4, -0.2) is 40.6 Å². The molecule has 0 aliphatic heterocycles. The van der Waals surface area contributed by atoms with E-state index in [9.17, 15) is 9.90 Å². The van der Waals surface area contributed by atoms with E-state index in [2.05, 4.69) is 53.3 Å². The lowest BCUT2D eigenvalue weighted by atomic mass is 9.78. The van der Waals surface area contributed by atoms with Crippen LogP contribution in [0.25, 0.3) is 11.1 Å². The molecule has 0 spiro atoms. The lowest BCUT2D eigenvalue weighted by molar-refractivity contribution is -0.124. The molecule has 0 unspecified atom stereocenters. The van der Waals surface area contributed by atoms with Gasteiger partial charge in [0, 0.05) is 37.0 Å². The highest BCUT2D eigenvalue weighted by Crippen LogP contribution is 2.39. The minimum absolute atomic E-state index is 0.0148. The third-order valence-corrected chi connectivity index (χ3v) is 8.69. The number of aryl methyl sites for hydroxylation is 2. The van der Waals surface area contributed by atoms with Crippen molar-refractivity contribution < 1.29 is 14.6 Å². The second kappa shape index (κ2) is 11.7. The summed E-state index contributed by atoms with van der Waals surface area (Å²) >= 11 is 0. The zero-order valence-electron chi connectivity index (χ0n) is 23.0. The molecule has 2 aliphatic carbocycles. The van der Waals surface area contributed by atoms with E-state index in [1.807, 2.05) is 25.5 Å². The Morgan fingerprint density at radius 1 is 1.03 bits per heavy atom. The molecule has 0 atom stereocenters. The Labute approximate surface area is 226 Å². The van der Waals surface area contributed by atoms with Crippen LogP contribution in [0.3, 0.4) is 0 Å². The summed E-state index contributed by atoms with van der Waals surface area (Å²) in [7, 11) is 3.65. The van der Waals surface area contributed by atoms with Gasteiger partial charge in [0.2, 0.25) is 5.91 Å². The van der Waals surface area contributed by atoms with Crippen LogP contribution in [0.2, 0.25) is 0 Å². The molecule has 2 aromatic carbocycles. The molecule has 1 amide bonds. The zero-order chi connectivity index (χ0) is 26.6. The van der Waals surface area contributed by atoms with Crippen molar-refractivity contribution in [3.05, 3.63) is 66.0 Å². The highest BCUT2D eigenvalue weighted by molar-refractivity contribution is 5.95. The van der Waals surface area contributed by atoms with Crippen molar-refractivity contribution in [1.29, 1.82) is 0 Å². The lowest BCUT2D eigenvalue weighted by Crippen LogP contribution is -2.41. The highest BCUT2D eigenvalue weighted by atomic mass is 16.5. The van der Waals surface area contributed by atoms with Gasteiger partial charge in [-0.2, -0.15) is 5.10 Å². The van der Waals surface area contributed by atoms with Gasteiger partial charge in [-0.05, 0) is 105 Å². The number of hydrogen-bond acceptors (Lipinski definition) is 4. The average Bonchev–Trinajstić information content (AvgIpc) is 3.38. The standard InChI is InChI=1S/C32H41N3O3/c1-22-17-27(13-16-31(22)38-3)24-9-7-23(8-10-24)20-35(32(37)25-11-14-30(36)15-12-25)29-6-4-5-26(18-29)28-19-33-34(2)21-28/h4-6,13,16-19,21,23-25,30,36H,7-12,14-15,20H2,1-3H3/t23-,24-,25-,30-. The molecule has 0 radical (unpaired) electrons. The Morgan fingerprint density at radius 3 is 2.45 bits per heavy atom. The van der Waals surface area contributed by atoms with Gasteiger partial charge in [0.1, 0.15) is 5.75 Å². The maximum atomic E-state index is 13.9. The van der Waals surface area contributed by atoms with Crippen molar-refractivity contribution in [2.75, 3.05) is 18.6 Å². The molecule has 5 rings (SSSR count). The molecular formula is C32H41N3O3. The summed E-state index contributed by atoms with van der Waals surface area (Å²) in [6.45, 7) is 2.87. The minimum atomic E-state index is -0.265. The molecule has 1 aromatic heterocycles. The summed E-state index contributed by atoms with van der Waals surface area (Å²) in [5.41, 5.74) is 5.69. The van der Waals surface area contributed by atoms with Crippen LogP contribution in [0.5, 0.6) is 5.75 Å². The van der Waals surface area contributed by atoms with Gasteiger partial charge >= 0.3 is 0 Å². The number of anilines is 1. The summed E-state index contributed by atoms with van der Waals surface area (Å²) in [5.74, 6) is 2.19. The first-order valence-corrected chi connectivity index (χ1v) is 14.1. The van der Waals surface area contributed by atoms with Crippen molar-refractivity contribution in [3.63, 3.8) is 0 Å². The second-order valence-corrected chi connectivity index (χ2v) is 11.4. The van der Waals surface area contributed by atoms with Crippen LogP contribution in [0.15, 0.2) is 54.9 Å². The molecule has 2 aliphatic rings. The Morgan fingerprint density at radius 2 is 1.79 bits per heavy atom. The predicted octanol–water partition coefficient (Wildman–Crippen LogP) is 6.26. The number of amides is 1. The van der Waals surface area contributed by atoms with E-state index >= 15 is 0 Å². The van der Waals surface area contributed by atoms with Crippen LogP contribution < -0.4 is 9.64 Å². The molecule has 38 heavy (non-hydrogen) atoms. The van der Waals surface area contributed by atoms with Gasteiger partial charge in [-0.25, -0.2) is 0 Å². The van der Waals surface area contributed by atoms with Gasteiger partial charge in [-0.1, -0.05) is 24.3 Å². The maximum Gasteiger partial charge on any atom is 0.230 e.